The highest BCUT2D eigenvalue weighted by Crippen LogP contribution is 2.35. The Balaban J connectivity index is 2.12. The van der Waals surface area contributed by atoms with Crippen LogP contribution in [0.25, 0.3) is 11.1 Å². The molecule has 0 bridgehead atoms. The molecule has 2 aromatic carbocycles. The van der Waals surface area contributed by atoms with Crippen molar-refractivity contribution in [1.29, 1.82) is 0 Å². The third-order valence-electron chi connectivity index (χ3n) is 3.78. The molecule has 0 aromatic heterocycles. The number of halogens is 2. The number of hydrogen-bond donors (Lipinski definition) is 0. The topological polar surface area (TPSA) is 26.3 Å². The minimum Gasteiger partial charge on any atom is -0.466 e. The van der Waals surface area contributed by atoms with E-state index in [9.17, 15) is 4.79 Å². The summed E-state index contributed by atoms with van der Waals surface area (Å²) in [5.74, 6) is -0.216. The van der Waals surface area contributed by atoms with Crippen LogP contribution in [0.15, 0.2) is 48.5 Å². The van der Waals surface area contributed by atoms with Gasteiger partial charge in [-0.15, -0.1) is 11.6 Å². The van der Waals surface area contributed by atoms with Crippen molar-refractivity contribution in [1.82, 2.24) is 0 Å². The third-order valence-corrected chi connectivity index (χ3v) is 4.51. The highest BCUT2D eigenvalue weighted by molar-refractivity contribution is 6.33. The molecule has 2 aromatic rings. The number of rotatable bonds is 6. The summed E-state index contributed by atoms with van der Waals surface area (Å²) in [7, 11) is 0. The third kappa shape index (κ3) is 4.73. The molecule has 2 nitrogen and oxygen atoms in total. The lowest BCUT2D eigenvalue weighted by Gasteiger charge is -2.22. The predicted molar refractivity (Wildman–Crippen MR) is 96.0 cm³/mol. The van der Waals surface area contributed by atoms with Crippen LogP contribution in [0.1, 0.15) is 32.3 Å². The Hall–Kier alpha value is -1.51. The van der Waals surface area contributed by atoms with Gasteiger partial charge in [-0.3, -0.25) is 4.79 Å². The Labute approximate surface area is 147 Å². The number of carbonyl (C=O) groups excluding carboxylic acids is 1. The van der Waals surface area contributed by atoms with Gasteiger partial charge >= 0.3 is 5.97 Å². The van der Waals surface area contributed by atoms with Gasteiger partial charge in [-0.2, -0.15) is 0 Å². The maximum Gasteiger partial charge on any atom is 0.305 e. The van der Waals surface area contributed by atoms with Gasteiger partial charge in [0.15, 0.2) is 0 Å². The van der Waals surface area contributed by atoms with E-state index in [0.29, 0.717) is 19.4 Å². The smallest absolute Gasteiger partial charge is 0.305 e. The lowest BCUT2D eigenvalue weighted by molar-refractivity contribution is -0.143. The van der Waals surface area contributed by atoms with Gasteiger partial charge in [-0.05, 0) is 37.5 Å². The molecule has 0 radical (unpaired) electrons. The van der Waals surface area contributed by atoms with Crippen molar-refractivity contribution in [3.8, 4) is 11.1 Å². The van der Waals surface area contributed by atoms with Crippen LogP contribution < -0.4 is 0 Å². The average Bonchev–Trinajstić information content (AvgIpc) is 2.54. The molecular formula is C19H20Cl2O2. The van der Waals surface area contributed by atoms with Crippen molar-refractivity contribution in [2.45, 2.75) is 31.6 Å². The van der Waals surface area contributed by atoms with E-state index in [4.69, 9.17) is 27.9 Å². The van der Waals surface area contributed by atoms with Gasteiger partial charge in [-0.25, -0.2) is 0 Å². The molecule has 0 aliphatic rings. The molecule has 0 spiro atoms. The normalized spacial score (nSPS) is 13.4. The van der Waals surface area contributed by atoms with Crippen LogP contribution in [0.4, 0.5) is 0 Å². The highest BCUT2D eigenvalue weighted by atomic mass is 35.5. The van der Waals surface area contributed by atoms with E-state index in [1.165, 1.54) is 0 Å². The molecule has 0 amide bonds. The van der Waals surface area contributed by atoms with Gasteiger partial charge < -0.3 is 4.74 Å². The molecule has 1 atom stereocenters. The molecule has 4 heteroatoms. The Morgan fingerprint density at radius 2 is 1.78 bits per heavy atom. The standard InChI is InChI=1S/C19H20Cl2O2/c1-3-23-18(22)12-13-19(2,21)15-10-8-14(9-11-15)16-6-4-5-7-17(16)20/h4-11H,3,12-13H2,1-2H3. The van der Waals surface area contributed by atoms with Crippen LogP contribution in [0, 0.1) is 0 Å². The number of carbonyl (C=O) groups is 1. The molecule has 2 rings (SSSR count). The van der Waals surface area contributed by atoms with E-state index in [0.717, 1.165) is 21.7 Å². The SMILES string of the molecule is CCOC(=O)CCC(C)(Cl)c1ccc(-c2ccccc2Cl)cc1. The molecule has 122 valence electrons. The van der Waals surface area contributed by atoms with Crippen LogP contribution >= 0.6 is 23.2 Å². The zero-order valence-corrected chi connectivity index (χ0v) is 14.8. The summed E-state index contributed by atoms with van der Waals surface area (Å²) in [6.07, 6.45) is 0.832. The first-order chi connectivity index (χ1) is 10.9. The van der Waals surface area contributed by atoms with E-state index >= 15 is 0 Å². The zero-order valence-electron chi connectivity index (χ0n) is 13.3. The lowest BCUT2D eigenvalue weighted by atomic mass is 9.93. The number of alkyl halides is 1. The van der Waals surface area contributed by atoms with Gasteiger partial charge in [0, 0.05) is 17.0 Å². The molecule has 0 N–H and O–H groups in total. The van der Waals surface area contributed by atoms with E-state index < -0.39 is 4.87 Å². The Kier molecular flexibility index (Phi) is 6.09. The first-order valence-corrected chi connectivity index (χ1v) is 8.39. The zero-order chi connectivity index (χ0) is 16.9. The van der Waals surface area contributed by atoms with Gasteiger partial charge in [0.2, 0.25) is 0 Å². The summed E-state index contributed by atoms with van der Waals surface area (Å²) >= 11 is 12.8. The molecule has 0 heterocycles. The van der Waals surface area contributed by atoms with Gasteiger partial charge in [0.25, 0.3) is 0 Å². The number of esters is 1. The summed E-state index contributed by atoms with van der Waals surface area (Å²) in [5.41, 5.74) is 3.00. The molecular weight excluding hydrogens is 331 g/mol. The fourth-order valence-corrected chi connectivity index (χ4v) is 2.87. The van der Waals surface area contributed by atoms with E-state index in [1.54, 1.807) is 6.92 Å². The monoisotopic (exact) mass is 350 g/mol. The van der Waals surface area contributed by atoms with Crippen molar-refractivity contribution < 1.29 is 9.53 Å². The van der Waals surface area contributed by atoms with Gasteiger partial charge in [-0.1, -0.05) is 54.1 Å². The fourth-order valence-electron chi connectivity index (χ4n) is 2.41. The first-order valence-electron chi connectivity index (χ1n) is 7.64. The molecule has 23 heavy (non-hydrogen) atoms. The van der Waals surface area contributed by atoms with Crippen molar-refractivity contribution in [2.75, 3.05) is 6.61 Å². The van der Waals surface area contributed by atoms with E-state index in [1.807, 2.05) is 55.5 Å². The maximum atomic E-state index is 11.5. The van der Waals surface area contributed by atoms with Crippen LogP contribution in [0.5, 0.6) is 0 Å². The molecule has 0 fully saturated rings. The Morgan fingerprint density at radius 3 is 2.39 bits per heavy atom. The van der Waals surface area contributed by atoms with Crippen molar-refractivity contribution in [2.24, 2.45) is 0 Å². The largest absolute Gasteiger partial charge is 0.466 e. The molecule has 0 aliphatic carbocycles. The number of ether oxygens (including phenoxy) is 1. The maximum absolute atomic E-state index is 11.5. The second-order valence-corrected chi connectivity index (χ2v) is 6.80. The van der Waals surface area contributed by atoms with Crippen molar-refractivity contribution in [3.05, 3.63) is 59.1 Å². The molecule has 0 aliphatic heterocycles. The summed E-state index contributed by atoms with van der Waals surface area (Å²) in [6.45, 7) is 4.11. The van der Waals surface area contributed by atoms with Crippen LogP contribution in [0.2, 0.25) is 5.02 Å². The lowest BCUT2D eigenvalue weighted by Crippen LogP contribution is -2.16. The fraction of sp³-hybridized carbons (Fsp3) is 0.316. The second-order valence-electron chi connectivity index (χ2n) is 5.56. The summed E-state index contributed by atoms with van der Waals surface area (Å²) in [5, 5.41) is 0.719. The van der Waals surface area contributed by atoms with Crippen molar-refractivity contribution >= 4 is 29.2 Å². The van der Waals surface area contributed by atoms with Crippen LogP contribution in [-0.2, 0) is 14.4 Å². The minimum atomic E-state index is -0.605. The predicted octanol–water partition coefficient (Wildman–Crippen LogP) is 5.80. The van der Waals surface area contributed by atoms with Crippen molar-refractivity contribution in [3.63, 3.8) is 0 Å². The minimum absolute atomic E-state index is 0.216. The Bertz CT molecular complexity index is 663. The van der Waals surface area contributed by atoms with Crippen LogP contribution in [0.3, 0.4) is 0 Å². The molecule has 0 saturated carbocycles. The van der Waals surface area contributed by atoms with E-state index in [-0.39, 0.29) is 5.97 Å². The number of benzene rings is 2. The quantitative estimate of drug-likeness (QED) is 0.485. The summed E-state index contributed by atoms with van der Waals surface area (Å²) < 4.78 is 4.95. The second kappa shape index (κ2) is 7.85. The van der Waals surface area contributed by atoms with Gasteiger partial charge in [0.05, 0.1) is 11.5 Å². The highest BCUT2D eigenvalue weighted by Gasteiger charge is 2.24. The molecule has 0 saturated heterocycles. The van der Waals surface area contributed by atoms with Crippen LogP contribution in [-0.4, -0.2) is 12.6 Å². The Morgan fingerprint density at radius 1 is 1.13 bits per heavy atom. The van der Waals surface area contributed by atoms with E-state index in [2.05, 4.69) is 0 Å². The number of hydrogen-bond acceptors (Lipinski definition) is 2. The van der Waals surface area contributed by atoms with Gasteiger partial charge in [0.1, 0.15) is 0 Å². The summed E-state index contributed by atoms with van der Waals surface area (Å²) in [4.78, 5) is 10.9. The first kappa shape index (κ1) is 17.8. The average molecular weight is 351 g/mol. The summed E-state index contributed by atoms with van der Waals surface area (Å²) in [6, 6.07) is 15.7. The molecule has 1 unspecified atom stereocenters.